The van der Waals surface area contributed by atoms with Gasteiger partial charge in [-0.3, -0.25) is 0 Å². The number of rotatable bonds is 2. The molecule has 1 N–H and O–H groups in total. The molecule has 0 spiro atoms. The van der Waals surface area contributed by atoms with Crippen LogP contribution in [0.2, 0.25) is 0 Å². The summed E-state index contributed by atoms with van der Waals surface area (Å²) in [4.78, 5) is 14.0. The summed E-state index contributed by atoms with van der Waals surface area (Å²) in [6, 6.07) is 3.22. The Morgan fingerprint density at radius 2 is 2.36 bits per heavy atom. The molecule has 2 aromatic rings. The molecule has 0 bridgehead atoms. The van der Waals surface area contributed by atoms with Gasteiger partial charge in [-0.2, -0.15) is 10.1 Å². The van der Waals surface area contributed by atoms with E-state index in [-0.39, 0.29) is 5.89 Å². The highest BCUT2D eigenvalue weighted by atomic mass is 16.5. The first-order valence-corrected chi connectivity index (χ1v) is 3.62. The van der Waals surface area contributed by atoms with E-state index >= 15 is 0 Å². The highest BCUT2D eigenvalue weighted by molar-refractivity contribution is 5.83. The largest absolute Gasteiger partial charge is 0.475 e. The zero-order chi connectivity index (χ0) is 9.97. The summed E-state index contributed by atoms with van der Waals surface area (Å²) in [5.74, 6) is -1.61. The first-order valence-electron chi connectivity index (χ1n) is 3.62. The van der Waals surface area contributed by atoms with Gasteiger partial charge in [0.2, 0.25) is 0 Å². The van der Waals surface area contributed by atoms with Crippen molar-refractivity contribution in [3.05, 3.63) is 24.2 Å². The zero-order valence-electron chi connectivity index (χ0n) is 6.78. The van der Waals surface area contributed by atoms with E-state index in [1.807, 2.05) is 0 Å². The molecule has 2 heterocycles. The summed E-state index contributed by atoms with van der Waals surface area (Å²) in [6.45, 7) is 0. The van der Waals surface area contributed by atoms with Gasteiger partial charge in [-0.25, -0.2) is 4.79 Å². The average Bonchev–Trinajstić information content (AvgIpc) is 2.68. The van der Waals surface area contributed by atoms with E-state index in [0.29, 0.717) is 5.69 Å². The first kappa shape index (κ1) is 8.30. The van der Waals surface area contributed by atoms with Crippen molar-refractivity contribution in [3.8, 4) is 11.6 Å². The van der Waals surface area contributed by atoms with Gasteiger partial charge in [0.05, 0.1) is 0 Å². The summed E-state index contributed by atoms with van der Waals surface area (Å²) >= 11 is 0. The topological polar surface area (TPSA) is 102 Å². The summed E-state index contributed by atoms with van der Waals surface area (Å²) < 4.78 is 4.67. The normalized spacial score (nSPS) is 10.0. The number of hydrogen-bond acceptors (Lipinski definition) is 6. The second-order valence-corrected chi connectivity index (χ2v) is 2.34. The van der Waals surface area contributed by atoms with Crippen molar-refractivity contribution in [1.82, 2.24) is 20.3 Å². The fraction of sp³-hybridized carbons (Fsp3) is 0. The fourth-order valence-corrected chi connectivity index (χ4v) is 0.830. The third-order valence-corrected chi connectivity index (χ3v) is 1.41. The van der Waals surface area contributed by atoms with Gasteiger partial charge in [0.1, 0.15) is 0 Å². The molecule has 14 heavy (non-hydrogen) atoms. The minimum atomic E-state index is -1.25. The Hall–Kier alpha value is -2.31. The summed E-state index contributed by atoms with van der Waals surface area (Å²) in [6.07, 6.45) is 1.48. The second kappa shape index (κ2) is 3.21. The van der Waals surface area contributed by atoms with Crippen molar-refractivity contribution in [2.24, 2.45) is 0 Å². The Morgan fingerprint density at radius 1 is 1.50 bits per heavy atom. The van der Waals surface area contributed by atoms with Crippen LogP contribution in [-0.4, -0.2) is 31.4 Å². The predicted octanol–water partition coefficient (Wildman–Crippen LogP) is 0.225. The van der Waals surface area contributed by atoms with Crippen molar-refractivity contribution in [2.45, 2.75) is 0 Å². The van der Waals surface area contributed by atoms with Crippen LogP contribution in [0.25, 0.3) is 11.6 Å². The van der Waals surface area contributed by atoms with Gasteiger partial charge < -0.3 is 9.63 Å². The lowest BCUT2D eigenvalue weighted by molar-refractivity contribution is 0.0680. The third kappa shape index (κ3) is 1.42. The molecule has 2 rings (SSSR count). The molecule has 0 atom stereocenters. The number of aromatic nitrogens is 4. The highest BCUT2D eigenvalue weighted by Gasteiger charge is 2.14. The van der Waals surface area contributed by atoms with E-state index in [2.05, 4.69) is 24.9 Å². The minimum absolute atomic E-state index is 0.0375. The molecule has 0 radical (unpaired) electrons. The van der Waals surface area contributed by atoms with Gasteiger partial charge in [0, 0.05) is 6.20 Å². The van der Waals surface area contributed by atoms with E-state index in [1.165, 1.54) is 6.20 Å². The minimum Gasteiger partial charge on any atom is -0.475 e. The van der Waals surface area contributed by atoms with Crippen LogP contribution < -0.4 is 0 Å². The van der Waals surface area contributed by atoms with Crippen molar-refractivity contribution in [2.75, 3.05) is 0 Å². The second-order valence-electron chi connectivity index (χ2n) is 2.34. The standard InChI is InChI=1S/C7H4N4O3/c12-7(13)5-9-6(14-11-5)4-2-1-3-8-10-4/h1-3H,(H,12,13). The van der Waals surface area contributed by atoms with Crippen LogP contribution in [-0.2, 0) is 0 Å². The van der Waals surface area contributed by atoms with Crippen LogP contribution in [0.15, 0.2) is 22.9 Å². The number of nitrogens with zero attached hydrogens (tertiary/aromatic N) is 4. The monoisotopic (exact) mass is 192 g/mol. The first-order chi connectivity index (χ1) is 6.77. The van der Waals surface area contributed by atoms with Gasteiger partial charge in [0.15, 0.2) is 5.69 Å². The lowest BCUT2D eigenvalue weighted by Gasteiger charge is -1.87. The van der Waals surface area contributed by atoms with Crippen LogP contribution in [0.1, 0.15) is 10.6 Å². The Bertz CT molecular complexity index is 453. The Balaban J connectivity index is 2.39. The van der Waals surface area contributed by atoms with Gasteiger partial charge in [0.25, 0.3) is 11.7 Å². The molecular weight excluding hydrogens is 188 g/mol. The summed E-state index contributed by atoms with van der Waals surface area (Å²) in [7, 11) is 0. The van der Waals surface area contributed by atoms with Crippen LogP contribution in [0.5, 0.6) is 0 Å². The van der Waals surface area contributed by atoms with E-state index < -0.39 is 11.8 Å². The SMILES string of the molecule is O=C(O)c1noc(-c2cccnn2)n1. The van der Waals surface area contributed by atoms with E-state index in [1.54, 1.807) is 12.1 Å². The molecule has 0 amide bonds. The molecule has 0 aliphatic rings. The van der Waals surface area contributed by atoms with Crippen molar-refractivity contribution in [1.29, 1.82) is 0 Å². The Kier molecular flexibility index (Phi) is 1.90. The number of carboxylic acids is 1. The third-order valence-electron chi connectivity index (χ3n) is 1.41. The maximum Gasteiger partial charge on any atom is 0.377 e. The quantitative estimate of drug-likeness (QED) is 0.726. The predicted molar refractivity (Wildman–Crippen MR) is 42.3 cm³/mol. The molecule has 0 saturated heterocycles. The van der Waals surface area contributed by atoms with Gasteiger partial charge >= 0.3 is 5.97 Å². The summed E-state index contributed by atoms with van der Waals surface area (Å²) in [5, 5.41) is 19.0. The van der Waals surface area contributed by atoms with Crippen molar-refractivity contribution >= 4 is 5.97 Å². The smallest absolute Gasteiger partial charge is 0.377 e. The maximum atomic E-state index is 10.4. The van der Waals surface area contributed by atoms with E-state index in [9.17, 15) is 4.79 Å². The molecule has 2 aromatic heterocycles. The number of aromatic carboxylic acids is 1. The molecule has 0 unspecified atom stereocenters. The molecular formula is C7H4N4O3. The van der Waals surface area contributed by atoms with Crippen LogP contribution in [0.4, 0.5) is 0 Å². The molecule has 0 aliphatic carbocycles. The Morgan fingerprint density at radius 3 is 2.93 bits per heavy atom. The van der Waals surface area contributed by atoms with Crippen molar-refractivity contribution < 1.29 is 14.4 Å². The Labute approximate surface area is 77.4 Å². The highest BCUT2D eigenvalue weighted by Crippen LogP contribution is 2.11. The maximum absolute atomic E-state index is 10.4. The fourth-order valence-electron chi connectivity index (χ4n) is 0.830. The molecule has 7 nitrogen and oxygen atoms in total. The van der Waals surface area contributed by atoms with Crippen LogP contribution in [0, 0.1) is 0 Å². The number of carbonyl (C=O) groups is 1. The van der Waals surface area contributed by atoms with Gasteiger partial charge in [-0.05, 0) is 17.3 Å². The van der Waals surface area contributed by atoms with Gasteiger partial charge in [-0.1, -0.05) is 0 Å². The molecule has 0 aromatic carbocycles. The number of carboxylic acid groups (broad SMARTS) is 1. The molecule has 0 fully saturated rings. The van der Waals surface area contributed by atoms with E-state index in [4.69, 9.17) is 5.11 Å². The zero-order valence-corrected chi connectivity index (χ0v) is 6.78. The summed E-state index contributed by atoms with van der Waals surface area (Å²) in [5.41, 5.74) is 0.340. The van der Waals surface area contributed by atoms with Crippen molar-refractivity contribution in [3.63, 3.8) is 0 Å². The van der Waals surface area contributed by atoms with Gasteiger partial charge in [-0.15, -0.1) is 5.10 Å². The molecule has 0 aliphatic heterocycles. The van der Waals surface area contributed by atoms with Crippen LogP contribution in [0.3, 0.4) is 0 Å². The average molecular weight is 192 g/mol. The molecule has 0 saturated carbocycles. The van der Waals surface area contributed by atoms with E-state index in [0.717, 1.165) is 0 Å². The molecule has 7 heteroatoms. The van der Waals surface area contributed by atoms with Crippen LogP contribution >= 0.6 is 0 Å². The molecule has 70 valence electrons. The lowest BCUT2D eigenvalue weighted by atomic mass is 10.4. The lowest BCUT2D eigenvalue weighted by Crippen LogP contribution is -1.98. The number of hydrogen-bond donors (Lipinski definition) is 1.